The van der Waals surface area contributed by atoms with Crippen LogP contribution in [0, 0.1) is 0 Å². The number of aromatic nitrogens is 2. The molecule has 1 aliphatic rings. The van der Waals surface area contributed by atoms with Gasteiger partial charge in [-0.1, -0.05) is 18.2 Å². The summed E-state index contributed by atoms with van der Waals surface area (Å²) in [6, 6.07) is 13.7. The summed E-state index contributed by atoms with van der Waals surface area (Å²) in [4.78, 5) is 33.6. The summed E-state index contributed by atoms with van der Waals surface area (Å²) in [5.41, 5.74) is 2.65. The Balaban J connectivity index is 1.31. The summed E-state index contributed by atoms with van der Waals surface area (Å²) >= 11 is 1.49. The molecule has 0 N–H and O–H groups in total. The second kappa shape index (κ2) is 8.03. The van der Waals surface area contributed by atoms with Gasteiger partial charge in [-0.3, -0.25) is 9.59 Å². The van der Waals surface area contributed by atoms with Crippen LogP contribution in [0.15, 0.2) is 58.5 Å². The van der Waals surface area contributed by atoms with Gasteiger partial charge < -0.3 is 18.8 Å². The lowest BCUT2D eigenvalue weighted by molar-refractivity contribution is 0.0515. The van der Waals surface area contributed by atoms with E-state index < -0.39 is 0 Å². The van der Waals surface area contributed by atoms with E-state index in [9.17, 15) is 9.59 Å². The summed E-state index contributed by atoms with van der Waals surface area (Å²) in [6.45, 7) is 4.86. The van der Waals surface area contributed by atoms with E-state index in [4.69, 9.17) is 4.42 Å². The van der Waals surface area contributed by atoms with E-state index in [-0.39, 0.29) is 11.8 Å². The van der Waals surface area contributed by atoms with Crippen molar-refractivity contribution in [1.29, 1.82) is 0 Å². The average molecular weight is 435 g/mol. The molecule has 0 saturated carbocycles. The van der Waals surface area contributed by atoms with Crippen molar-refractivity contribution in [1.82, 2.24) is 19.4 Å². The molecule has 3 aromatic heterocycles. The predicted molar refractivity (Wildman–Crippen MR) is 119 cm³/mol. The van der Waals surface area contributed by atoms with Crippen LogP contribution in [0.2, 0.25) is 0 Å². The van der Waals surface area contributed by atoms with Crippen LogP contribution in [0.1, 0.15) is 28.0 Å². The summed E-state index contributed by atoms with van der Waals surface area (Å²) in [5, 5.41) is 3.84. The molecule has 0 aliphatic carbocycles. The zero-order chi connectivity index (χ0) is 21.4. The summed E-state index contributed by atoms with van der Waals surface area (Å²) in [7, 11) is 0. The molecule has 1 aromatic carbocycles. The first-order valence-corrected chi connectivity index (χ1v) is 11.2. The van der Waals surface area contributed by atoms with E-state index >= 15 is 0 Å². The SMILES string of the molecule is CCn1c(-c2nc(C(=O)N3CCN(C(=O)c4ccco4)CC3)cs2)cc2ccccc21. The highest BCUT2D eigenvalue weighted by atomic mass is 32.1. The maximum absolute atomic E-state index is 13.0. The number of thiazole rings is 1. The second-order valence-corrected chi connectivity index (χ2v) is 8.29. The molecule has 0 bridgehead atoms. The molecule has 5 rings (SSSR count). The highest BCUT2D eigenvalue weighted by Crippen LogP contribution is 2.30. The van der Waals surface area contributed by atoms with E-state index in [2.05, 4.69) is 34.7 Å². The average Bonchev–Trinajstić information content (AvgIpc) is 3.57. The van der Waals surface area contributed by atoms with E-state index in [0.29, 0.717) is 37.6 Å². The number of nitrogens with zero attached hydrogens (tertiary/aromatic N) is 4. The maximum Gasteiger partial charge on any atom is 0.289 e. The minimum atomic E-state index is -0.138. The topological polar surface area (TPSA) is 71.6 Å². The lowest BCUT2D eigenvalue weighted by atomic mass is 10.2. The molecule has 0 unspecified atom stereocenters. The van der Waals surface area contributed by atoms with Crippen molar-refractivity contribution in [3.63, 3.8) is 0 Å². The van der Waals surface area contributed by atoms with Gasteiger partial charge in [-0.2, -0.15) is 0 Å². The van der Waals surface area contributed by atoms with Gasteiger partial charge in [0.25, 0.3) is 11.8 Å². The lowest BCUT2D eigenvalue weighted by Gasteiger charge is -2.34. The zero-order valence-electron chi connectivity index (χ0n) is 17.2. The quantitative estimate of drug-likeness (QED) is 0.487. The van der Waals surface area contributed by atoms with Crippen LogP contribution in [-0.2, 0) is 6.54 Å². The molecule has 4 aromatic rings. The molecule has 0 radical (unpaired) electrons. The Morgan fingerprint density at radius 1 is 1.03 bits per heavy atom. The fraction of sp³-hybridized carbons (Fsp3) is 0.261. The van der Waals surface area contributed by atoms with E-state index in [1.54, 1.807) is 21.9 Å². The molecular weight excluding hydrogens is 412 g/mol. The Labute approximate surface area is 183 Å². The van der Waals surface area contributed by atoms with Crippen molar-refractivity contribution in [3.8, 4) is 10.7 Å². The molecule has 158 valence electrons. The van der Waals surface area contributed by atoms with Gasteiger partial charge >= 0.3 is 0 Å². The number of amides is 2. The van der Waals surface area contributed by atoms with Crippen molar-refractivity contribution in [2.75, 3.05) is 26.2 Å². The third-order valence-electron chi connectivity index (χ3n) is 5.66. The van der Waals surface area contributed by atoms with Crippen molar-refractivity contribution < 1.29 is 14.0 Å². The van der Waals surface area contributed by atoms with Gasteiger partial charge in [0.2, 0.25) is 0 Å². The number of carbonyl (C=O) groups is 2. The van der Waals surface area contributed by atoms with Crippen molar-refractivity contribution >= 4 is 34.1 Å². The Hall–Kier alpha value is -3.39. The van der Waals surface area contributed by atoms with Gasteiger partial charge in [-0.15, -0.1) is 11.3 Å². The number of aryl methyl sites for hydroxylation is 1. The molecular formula is C23H22N4O3S. The van der Waals surface area contributed by atoms with Crippen molar-refractivity contribution in [2.24, 2.45) is 0 Å². The number of para-hydroxylation sites is 1. The molecule has 7 nitrogen and oxygen atoms in total. The maximum atomic E-state index is 13.0. The fourth-order valence-electron chi connectivity index (χ4n) is 4.05. The molecule has 4 heterocycles. The van der Waals surface area contributed by atoms with E-state index in [1.807, 2.05) is 17.5 Å². The molecule has 0 atom stereocenters. The number of benzene rings is 1. The summed E-state index contributed by atoms with van der Waals surface area (Å²) in [6.07, 6.45) is 1.49. The van der Waals surface area contributed by atoms with Gasteiger partial charge in [0.1, 0.15) is 10.7 Å². The van der Waals surface area contributed by atoms with Gasteiger partial charge in [0.15, 0.2) is 5.76 Å². The van der Waals surface area contributed by atoms with Crippen molar-refractivity contribution in [3.05, 3.63) is 65.6 Å². The Morgan fingerprint density at radius 2 is 1.77 bits per heavy atom. The van der Waals surface area contributed by atoms with Gasteiger partial charge in [-0.25, -0.2) is 4.98 Å². The Bertz CT molecular complexity index is 1230. The highest BCUT2D eigenvalue weighted by Gasteiger charge is 2.28. The van der Waals surface area contributed by atoms with Gasteiger partial charge in [-0.05, 0) is 31.2 Å². The normalized spacial score (nSPS) is 14.4. The number of rotatable bonds is 4. The standard InChI is InChI=1S/C23H22N4O3S/c1-2-27-18-7-4-3-6-16(18)14-19(27)21-24-17(15-31-21)22(28)25-9-11-26(12-10-25)23(29)20-8-5-13-30-20/h3-8,13-15H,2,9-12H2,1H3. The Kier molecular flexibility index (Phi) is 5.07. The highest BCUT2D eigenvalue weighted by molar-refractivity contribution is 7.13. The first-order valence-electron chi connectivity index (χ1n) is 10.3. The molecule has 2 amide bonds. The molecule has 1 fully saturated rings. The number of furan rings is 1. The van der Waals surface area contributed by atoms with Crippen LogP contribution < -0.4 is 0 Å². The van der Waals surface area contributed by atoms with Gasteiger partial charge in [0, 0.05) is 49.0 Å². The Morgan fingerprint density at radius 3 is 2.48 bits per heavy atom. The molecule has 0 spiro atoms. The van der Waals surface area contributed by atoms with Crippen LogP contribution in [0.25, 0.3) is 21.6 Å². The number of hydrogen-bond donors (Lipinski definition) is 0. The zero-order valence-corrected chi connectivity index (χ0v) is 18.0. The van der Waals surface area contributed by atoms with Crippen LogP contribution in [-0.4, -0.2) is 57.3 Å². The molecule has 1 aliphatic heterocycles. The predicted octanol–water partition coefficient (Wildman–Crippen LogP) is 3.98. The fourth-order valence-corrected chi connectivity index (χ4v) is 4.87. The molecule has 1 saturated heterocycles. The number of carbonyl (C=O) groups excluding carboxylic acids is 2. The lowest BCUT2D eigenvalue weighted by Crippen LogP contribution is -2.50. The first-order chi connectivity index (χ1) is 15.2. The second-order valence-electron chi connectivity index (χ2n) is 7.43. The molecule has 31 heavy (non-hydrogen) atoms. The van der Waals surface area contributed by atoms with Crippen LogP contribution in [0.3, 0.4) is 0 Å². The monoisotopic (exact) mass is 434 g/mol. The minimum Gasteiger partial charge on any atom is -0.459 e. The van der Waals surface area contributed by atoms with Crippen LogP contribution >= 0.6 is 11.3 Å². The van der Waals surface area contributed by atoms with E-state index in [1.165, 1.54) is 28.5 Å². The smallest absolute Gasteiger partial charge is 0.289 e. The third kappa shape index (κ3) is 3.53. The summed E-state index contributed by atoms with van der Waals surface area (Å²) in [5.74, 6) is 0.0995. The number of fused-ring (bicyclic) bond motifs is 1. The largest absolute Gasteiger partial charge is 0.459 e. The van der Waals surface area contributed by atoms with Crippen LogP contribution in [0.4, 0.5) is 0 Å². The third-order valence-corrected chi connectivity index (χ3v) is 6.52. The number of piperazine rings is 1. The van der Waals surface area contributed by atoms with Gasteiger partial charge in [0.05, 0.1) is 12.0 Å². The first kappa shape index (κ1) is 19.6. The van der Waals surface area contributed by atoms with Crippen LogP contribution in [0.5, 0.6) is 0 Å². The van der Waals surface area contributed by atoms with Crippen molar-refractivity contribution in [2.45, 2.75) is 13.5 Å². The molecule has 8 heteroatoms. The van der Waals surface area contributed by atoms with E-state index in [0.717, 1.165) is 17.2 Å². The number of hydrogen-bond acceptors (Lipinski definition) is 5. The minimum absolute atomic E-state index is 0.0910. The summed E-state index contributed by atoms with van der Waals surface area (Å²) < 4.78 is 7.42.